The van der Waals surface area contributed by atoms with Crippen molar-refractivity contribution in [2.45, 2.75) is 31.8 Å². The molecule has 1 aliphatic rings. The first-order valence-corrected chi connectivity index (χ1v) is 7.81. The summed E-state index contributed by atoms with van der Waals surface area (Å²) < 4.78 is 27.7. The predicted molar refractivity (Wildman–Crippen MR) is 87.4 cm³/mol. The van der Waals surface area contributed by atoms with Gasteiger partial charge in [0.1, 0.15) is 18.6 Å². The van der Waals surface area contributed by atoms with Crippen LogP contribution in [0.5, 0.6) is 5.75 Å². The van der Waals surface area contributed by atoms with Crippen molar-refractivity contribution in [3.63, 3.8) is 0 Å². The van der Waals surface area contributed by atoms with E-state index in [1.807, 2.05) is 24.3 Å². The van der Waals surface area contributed by atoms with Crippen LogP contribution in [0.4, 0.5) is 0 Å². The molecule has 0 spiro atoms. The second kappa shape index (κ2) is 9.03. The first kappa shape index (κ1) is 17.9. The molecule has 1 aromatic rings. The Hall–Kier alpha value is -1.40. The van der Waals surface area contributed by atoms with Crippen molar-refractivity contribution in [3.05, 3.63) is 42.5 Å². The minimum Gasteiger partial charge on any atom is -0.497 e. The molecule has 23 heavy (non-hydrogen) atoms. The summed E-state index contributed by atoms with van der Waals surface area (Å²) in [5.41, 5.74) is 1.14. The molecule has 4 atom stereocenters. The molecule has 1 heterocycles. The molecule has 0 unspecified atom stereocenters. The fraction of sp³-hybridized carbons (Fsp3) is 0.556. The van der Waals surface area contributed by atoms with Gasteiger partial charge < -0.3 is 23.7 Å². The van der Waals surface area contributed by atoms with E-state index in [9.17, 15) is 0 Å². The van der Waals surface area contributed by atoms with Crippen molar-refractivity contribution in [3.8, 4) is 5.75 Å². The fourth-order valence-electron chi connectivity index (χ4n) is 2.61. The molecule has 5 heteroatoms. The molecular formula is C18H26O5. The van der Waals surface area contributed by atoms with Gasteiger partial charge in [-0.25, -0.2) is 0 Å². The first-order chi connectivity index (χ1) is 11.2. The average Bonchev–Trinajstić information content (AvgIpc) is 2.58. The number of ether oxygens (including phenoxy) is 5. The van der Waals surface area contributed by atoms with Gasteiger partial charge in [-0.05, 0) is 17.7 Å². The van der Waals surface area contributed by atoms with Crippen LogP contribution in [0.1, 0.15) is 12.5 Å². The van der Waals surface area contributed by atoms with Gasteiger partial charge in [0.15, 0.2) is 6.29 Å². The lowest BCUT2D eigenvalue weighted by molar-refractivity contribution is -0.257. The van der Waals surface area contributed by atoms with E-state index in [2.05, 4.69) is 13.5 Å². The summed E-state index contributed by atoms with van der Waals surface area (Å²) >= 11 is 0. The summed E-state index contributed by atoms with van der Waals surface area (Å²) in [5.74, 6) is 1.06. The fourth-order valence-corrected chi connectivity index (χ4v) is 2.61. The van der Waals surface area contributed by atoms with Crippen LogP contribution in [-0.4, -0.2) is 46.1 Å². The quantitative estimate of drug-likeness (QED) is 0.544. The van der Waals surface area contributed by atoms with Crippen molar-refractivity contribution in [2.75, 3.05) is 27.6 Å². The third-order valence-corrected chi connectivity index (χ3v) is 3.91. The summed E-state index contributed by atoms with van der Waals surface area (Å²) in [5, 5.41) is 0. The third kappa shape index (κ3) is 5.04. The first-order valence-electron chi connectivity index (χ1n) is 7.81. The highest BCUT2D eigenvalue weighted by atomic mass is 16.7. The molecule has 0 aromatic heterocycles. The highest BCUT2D eigenvalue weighted by Crippen LogP contribution is 2.25. The van der Waals surface area contributed by atoms with Crippen LogP contribution in [0.25, 0.3) is 0 Å². The Kier molecular flexibility index (Phi) is 7.05. The molecule has 0 radical (unpaired) electrons. The second-order valence-electron chi connectivity index (χ2n) is 5.67. The van der Waals surface area contributed by atoms with E-state index >= 15 is 0 Å². The average molecular weight is 322 g/mol. The van der Waals surface area contributed by atoms with E-state index in [1.165, 1.54) is 0 Å². The van der Waals surface area contributed by atoms with Crippen molar-refractivity contribution < 1.29 is 23.7 Å². The number of hydrogen-bond donors (Lipinski definition) is 0. The Labute approximate surface area is 138 Å². The van der Waals surface area contributed by atoms with E-state index in [-0.39, 0.29) is 31.2 Å². The van der Waals surface area contributed by atoms with Gasteiger partial charge in [-0.1, -0.05) is 25.1 Å². The SMILES string of the molecule is C=C[C@H](OCOC)[C@H]1O[C@@H](Cc2ccc(OC)cc2)OC[C@@H]1C. The highest BCUT2D eigenvalue weighted by molar-refractivity contribution is 5.27. The summed E-state index contributed by atoms with van der Waals surface area (Å²) in [6.07, 6.45) is 1.84. The van der Waals surface area contributed by atoms with Crippen LogP contribution < -0.4 is 4.74 Å². The van der Waals surface area contributed by atoms with E-state index in [0.717, 1.165) is 11.3 Å². The largest absolute Gasteiger partial charge is 0.497 e. The molecule has 2 rings (SSSR count). The van der Waals surface area contributed by atoms with Gasteiger partial charge in [-0.15, -0.1) is 6.58 Å². The standard InChI is InChI=1S/C18H26O5/c1-5-16(22-12-19-3)18-13(2)11-21-17(23-18)10-14-6-8-15(20-4)9-7-14/h5-9,13,16-18H,1,10-12H2,2-4H3/t13-,16-,17-,18-/m0/s1. The number of hydrogen-bond acceptors (Lipinski definition) is 5. The van der Waals surface area contributed by atoms with Gasteiger partial charge in [0.05, 0.1) is 19.8 Å². The normalized spacial score (nSPS) is 25.8. The van der Waals surface area contributed by atoms with Gasteiger partial charge in [-0.3, -0.25) is 0 Å². The number of rotatable bonds is 8. The molecule has 0 aliphatic carbocycles. The van der Waals surface area contributed by atoms with Crippen LogP contribution in [0, 0.1) is 5.92 Å². The lowest BCUT2D eigenvalue weighted by atomic mass is 9.98. The molecule has 1 aliphatic heterocycles. The van der Waals surface area contributed by atoms with Crippen molar-refractivity contribution in [1.82, 2.24) is 0 Å². The maximum atomic E-state index is 6.10. The minimum absolute atomic E-state index is 0.0975. The Balaban J connectivity index is 1.96. The lowest BCUT2D eigenvalue weighted by Gasteiger charge is -2.38. The second-order valence-corrected chi connectivity index (χ2v) is 5.67. The molecule has 0 amide bonds. The van der Waals surface area contributed by atoms with Crippen LogP contribution in [-0.2, 0) is 25.4 Å². The van der Waals surface area contributed by atoms with Gasteiger partial charge >= 0.3 is 0 Å². The molecule has 0 bridgehead atoms. The van der Waals surface area contributed by atoms with Crippen molar-refractivity contribution >= 4 is 0 Å². The molecule has 128 valence electrons. The zero-order chi connectivity index (χ0) is 16.7. The predicted octanol–water partition coefficient (Wildman–Crippen LogP) is 2.79. The number of methoxy groups -OCH3 is 2. The van der Waals surface area contributed by atoms with Crippen LogP contribution in [0.3, 0.4) is 0 Å². The van der Waals surface area contributed by atoms with Crippen LogP contribution in [0.2, 0.25) is 0 Å². The van der Waals surface area contributed by atoms with Gasteiger partial charge in [0.2, 0.25) is 0 Å². The van der Waals surface area contributed by atoms with Crippen LogP contribution in [0.15, 0.2) is 36.9 Å². The smallest absolute Gasteiger partial charge is 0.162 e. The zero-order valence-electron chi connectivity index (χ0n) is 14.1. The molecule has 1 fully saturated rings. The van der Waals surface area contributed by atoms with Gasteiger partial charge in [-0.2, -0.15) is 0 Å². The summed E-state index contributed by atoms with van der Waals surface area (Å²) in [6, 6.07) is 7.91. The lowest BCUT2D eigenvalue weighted by Crippen LogP contribution is -2.46. The molecule has 0 N–H and O–H groups in total. The summed E-state index contributed by atoms with van der Waals surface area (Å²) in [7, 11) is 3.25. The Morgan fingerprint density at radius 1 is 1.30 bits per heavy atom. The van der Waals surface area contributed by atoms with Crippen molar-refractivity contribution in [1.29, 1.82) is 0 Å². The number of benzene rings is 1. The molecule has 0 saturated carbocycles. The molecule has 1 saturated heterocycles. The Morgan fingerprint density at radius 3 is 2.65 bits per heavy atom. The summed E-state index contributed by atoms with van der Waals surface area (Å²) in [4.78, 5) is 0. The topological polar surface area (TPSA) is 46.2 Å². The monoisotopic (exact) mass is 322 g/mol. The maximum absolute atomic E-state index is 6.10. The van der Waals surface area contributed by atoms with Gasteiger partial charge in [0, 0.05) is 19.4 Å². The minimum atomic E-state index is -0.293. The van der Waals surface area contributed by atoms with Gasteiger partial charge in [0.25, 0.3) is 0 Å². The maximum Gasteiger partial charge on any atom is 0.162 e. The van der Waals surface area contributed by atoms with E-state index in [0.29, 0.717) is 13.0 Å². The zero-order valence-corrected chi connectivity index (χ0v) is 14.1. The van der Waals surface area contributed by atoms with Crippen LogP contribution >= 0.6 is 0 Å². The third-order valence-electron chi connectivity index (χ3n) is 3.91. The highest BCUT2D eigenvalue weighted by Gasteiger charge is 2.34. The van der Waals surface area contributed by atoms with Crippen molar-refractivity contribution in [2.24, 2.45) is 5.92 Å². The summed E-state index contributed by atoms with van der Waals surface area (Å²) in [6.45, 7) is 6.77. The molecule has 1 aromatic carbocycles. The Bertz CT molecular complexity index is 473. The van der Waals surface area contributed by atoms with E-state index in [4.69, 9.17) is 23.7 Å². The Morgan fingerprint density at radius 2 is 2.04 bits per heavy atom. The van der Waals surface area contributed by atoms with E-state index in [1.54, 1.807) is 20.3 Å². The van der Waals surface area contributed by atoms with E-state index < -0.39 is 0 Å². The molecular weight excluding hydrogens is 296 g/mol. The molecule has 5 nitrogen and oxygen atoms in total.